The summed E-state index contributed by atoms with van der Waals surface area (Å²) in [6, 6.07) is 6.38. The monoisotopic (exact) mass is 562 g/mol. The normalized spacial score (nSPS) is 35.8. The third kappa shape index (κ3) is 3.77. The van der Waals surface area contributed by atoms with Crippen LogP contribution in [-0.2, 0) is 43.7 Å². The number of hydrogen-bond acceptors (Lipinski definition) is 8. The van der Waals surface area contributed by atoms with Crippen molar-refractivity contribution in [2.75, 3.05) is 7.11 Å². The van der Waals surface area contributed by atoms with Gasteiger partial charge in [0.05, 0.1) is 5.92 Å². The van der Waals surface area contributed by atoms with Crippen molar-refractivity contribution in [3.05, 3.63) is 59.4 Å². The summed E-state index contributed by atoms with van der Waals surface area (Å²) in [5, 5.41) is 0. The van der Waals surface area contributed by atoms with Gasteiger partial charge >= 0.3 is 18.1 Å². The van der Waals surface area contributed by atoms with E-state index in [4.69, 9.17) is 18.9 Å². The number of ketones is 2. The molecule has 214 valence electrons. The Morgan fingerprint density at radius 3 is 2.38 bits per heavy atom. The van der Waals surface area contributed by atoms with Crippen LogP contribution < -0.4 is 0 Å². The maximum atomic E-state index is 14.6. The molecule has 0 unspecified atom stereocenters. The van der Waals surface area contributed by atoms with Gasteiger partial charge in [0.1, 0.15) is 11.2 Å². The minimum absolute atomic E-state index is 0.0241. The van der Waals surface area contributed by atoms with Gasteiger partial charge in [0.15, 0.2) is 29.0 Å². The van der Waals surface area contributed by atoms with E-state index in [9.17, 15) is 32.3 Å². The Morgan fingerprint density at radius 2 is 1.75 bits per heavy atom. The highest BCUT2D eigenvalue weighted by Crippen LogP contribution is 2.61. The lowest BCUT2D eigenvalue weighted by Crippen LogP contribution is -2.70. The molecule has 3 aliphatic heterocycles. The van der Waals surface area contributed by atoms with Crippen molar-refractivity contribution in [2.24, 2.45) is 17.8 Å². The fourth-order valence-corrected chi connectivity index (χ4v) is 6.36. The minimum Gasteiger partial charge on any atom is -0.482 e. The molecular weight excluding hydrogens is 533 g/mol. The Kier molecular flexibility index (Phi) is 6.52. The zero-order valence-electron chi connectivity index (χ0n) is 22.4. The van der Waals surface area contributed by atoms with Gasteiger partial charge in [-0.2, -0.15) is 13.2 Å². The fourth-order valence-electron chi connectivity index (χ4n) is 6.36. The molecule has 8 nitrogen and oxygen atoms in total. The molecule has 0 aromatic heterocycles. The first-order valence-electron chi connectivity index (χ1n) is 13.0. The van der Waals surface area contributed by atoms with E-state index in [-0.39, 0.29) is 36.4 Å². The molecule has 3 heterocycles. The van der Waals surface area contributed by atoms with Crippen molar-refractivity contribution in [1.29, 1.82) is 0 Å². The number of halogens is 3. The molecule has 1 spiro atoms. The molecule has 3 fully saturated rings. The van der Waals surface area contributed by atoms with Crippen molar-refractivity contribution < 1.29 is 51.3 Å². The quantitative estimate of drug-likeness (QED) is 0.399. The van der Waals surface area contributed by atoms with Crippen LogP contribution in [0.15, 0.2) is 53.8 Å². The zero-order valence-corrected chi connectivity index (χ0v) is 22.4. The van der Waals surface area contributed by atoms with Gasteiger partial charge in [0.2, 0.25) is 0 Å². The number of hydrogen-bond donors (Lipinski definition) is 0. The van der Waals surface area contributed by atoms with Crippen LogP contribution in [0.2, 0.25) is 0 Å². The standard InChI is InChI=1S/C29H29F3O8/c1-15-10-12-20(34)21-23-27(40-24(21)35)14-16(2)26(3,39-23)22(18(27)11-13-19(15)33)38-25(36)28(37-4,29(30,31)32)17-8-6-5-7-9-17/h5-9,11,13,15-16,18,22H,10,12,14H2,1-4H3/b13-11+/t15-,16-,18-,22-,26-,27-,28+/m1/s1. The van der Waals surface area contributed by atoms with E-state index in [0.29, 0.717) is 0 Å². The van der Waals surface area contributed by atoms with Crippen LogP contribution in [0.4, 0.5) is 13.2 Å². The number of Topliss-reactive ketones (excluding diaryl/α,β-unsaturated/α-hetero) is 1. The Labute approximate surface area is 228 Å². The van der Waals surface area contributed by atoms with Crippen molar-refractivity contribution in [3.63, 3.8) is 0 Å². The average Bonchev–Trinajstić information content (AvgIpc) is 3.17. The molecule has 7 atom stereocenters. The van der Waals surface area contributed by atoms with Crippen LogP contribution in [0, 0.1) is 17.8 Å². The summed E-state index contributed by atoms with van der Waals surface area (Å²) < 4.78 is 66.6. The van der Waals surface area contributed by atoms with Gasteiger partial charge in [0, 0.05) is 37.4 Å². The SMILES string of the molecule is CO[C@](C(=O)O[C@@H]1[C@H]2/C=C/C(=O)[C@H](C)CCC(=O)C3=C4O[C@]1(C)[C@H](C)C[C@]42OC3=O)(c1ccccc1)C(F)(F)F. The second-order valence-electron chi connectivity index (χ2n) is 11.1. The predicted molar refractivity (Wildman–Crippen MR) is 131 cm³/mol. The molecule has 0 radical (unpaired) electrons. The summed E-state index contributed by atoms with van der Waals surface area (Å²) in [4.78, 5) is 52.7. The second-order valence-corrected chi connectivity index (χ2v) is 11.1. The van der Waals surface area contributed by atoms with Crippen LogP contribution in [0.3, 0.4) is 0 Å². The first-order valence-corrected chi connectivity index (χ1v) is 13.0. The molecule has 1 aromatic rings. The zero-order chi connectivity index (χ0) is 29.3. The number of benzene rings is 1. The molecule has 6 rings (SSSR count). The Hall–Kier alpha value is -3.47. The molecule has 2 saturated heterocycles. The van der Waals surface area contributed by atoms with Crippen LogP contribution in [0.1, 0.15) is 45.6 Å². The highest BCUT2D eigenvalue weighted by atomic mass is 19.4. The van der Waals surface area contributed by atoms with E-state index in [1.165, 1.54) is 30.4 Å². The topological polar surface area (TPSA) is 105 Å². The smallest absolute Gasteiger partial charge is 0.432 e. The second kappa shape index (κ2) is 9.29. The van der Waals surface area contributed by atoms with Crippen LogP contribution >= 0.6 is 0 Å². The summed E-state index contributed by atoms with van der Waals surface area (Å²) in [6.45, 7) is 4.91. The first-order chi connectivity index (χ1) is 18.7. The Morgan fingerprint density at radius 1 is 1.07 bits per heavy atom. The molecule has 5 bridgehead atoms. The van der Waals surface area contributed by atoms with Crippen LogP contribution in [0.25, 0.3) is 0 Å². The number of alkyl halides is 3. The number of esters is 2. The van der Waals surface area contributed by atoms with Crippen LogP contribution in [0.5, 0.6) is 0 Å². The van der Waals surface area contributed by atoms with Crippen molar-refractivity contribution >= 4 is 23.5 Å². The summed E-state index contributed by atoms with van der Waals surface area (Å²) in [5.41, 5.74) is -7.36. The van der Waals surface area contributed by atoms with Gasteiger partial charge < -0.3 is 18.9 Å². The molecule has 0 N–H and O–H groups in total. The van der Waals surface area contributed by atoms with E-state index in [2.05, 4.69) is 0 Å². The first kappa shape index (κ1) is 28.1. The van der Waals surface area contributed by atoms with E-state index in [0.717, 1.165) is 19.2 Å². The third-order valence-electron chi connectivity index (χ3n) is 8.87. The van der Waals surface area contributed by atoms with Crippen LogP contribution in [-0.4, -0.2) is 54.1 Å². The lowest BCUT2D eigenvalue weighted by Gasteiger charge is -2.60. The summed E-state index contributed by atoms with van der Waals surface area (Å²) in [6.07, 6.45) is -3.79. The third-order valence-corrected chi connectivity index (χ3v) is 8.87. The molecule has 0 amide bonds. The highest BCUT2D eigenvalue weighted by molar-refractivity contribution is 6.19. The Bertz CT molecular complexity index is 1330. The Balaban J connectivity index is 1.67. The van der Waals surface area contributed by atoms with Crippen molar-refractivity contribution in [2.45, 2.75) is 69.1 Å². The number of methoxy groups -OCH3 is 1. The lowest BCUT2D eigenvalue weighted by atomic mass is 9.58. The van der Waals surface area contributed by atoms with Crippen molar-refractivity contribution in [1.82, 2.24) is 0 Å². The minimum atomic E-state index is -5.22. The number of carbonyl (C=O) groups excluding carboxylic acids is 4. The molecule has 1 saturated carbocycles. The van der Waals surface area contributed by atoms with Gasteiger partial charge in [-0.1, -0.05) is 50.3 Å². The molecule has 40 heavy (non-hydrogen) atoms. The maximum Gasteiger partial charge on any atom is 0.432 e. The van der Waals surface area contributed by atoms with E-state index in [1.54, 1.807) is 20.8 Å². The highest BCUT2D eigenvalue weighted by Gasteiger charge is 2.74. The number of fused-ring (bicyclic) bond motifs is 1. The number of ether oxygens (including phenoxy) is 4. The summed E-state index contributed by atoms with van der Waals surface area (Å²) >= 11 is 0. The molecule has 11 heteroatoms. The lowest BCUT2D eigenvalue weighted by molar-refractivity contribution is -0.299. The number of rotatable bonds is 4. The largest absolute Gasteiger partial charge is 0.482 e. The van der Waals surface area contributed by atoms with Gasteiger partial charge in [-0.05, 0) is 19.4 Å². The molecule has 1 aromatic carbocycles. The predicted octanol–water partition coefficient (Wildman–Crippen LogP) is 4.12. The number of carbonyl (C=O) groups is 4. The summed E-state index contributed by atoms with van der Waals surface area (Å²) in [5.74, 6) is -5.73. The van der Waals surface area contributed by atoms with Gasteiger partial charge in [0.25, 0.3) is 5.60 Å². The summed E-state index contributed by atoms with van der Waals surface area (Å²) in [7, 11) is 0.763. The van der Waals surface area contributed by atoms with Gasteiger partial charge in [-0.25, -0.2) is 9.59 Å². The molecule has 5 aliphatic rings. The van der Waals surface area contributed by atoms with E-state index < -0.39 is 70.1 Å². The molecular formula is C29H29F3O8. The maximum absolute atomic E-state index is 14.6. The van der Waals surface area contributed by atoms with Gasteiger partial charge in [-0.3, -0.25) is 9.59 Å². The van der Waals surface area contributed by atoms with Gasteiger partial charge in [-0.15, -0.1) is 0 Å². The number of allylic oxidation sites excluding steroid dienone is 1. The average molecular weight is 563 g/mol. The van der Waals surface area contributed by atoms with Crippen molar-refractivity contribution in [3.8, 4) is 0 Å². The van der Waals surface area contributed by atoms with E-state index >= 15 is 0 Å². The molecule has 2 aliphatic carbocycles. The fraction of sp³-hybridized carbons (Fsp3) is 0.517. The van der Waals surface area contributed by atoms with E-state index in [1.807, 2.05) is 0 Å².